The molecule has 1 aliphatic rings. The molecule has 2 aromatic rings. The molecule has 1 aliphatic heterocycles. The Morgan fingerprint density at radius 1 is 1.35 bits per heavy atom. The van der Waals surface area contributed by atoms with Gasteiger partial charge in [0.2, 0.25) is 0 Å². The molecule has 0 aliphatic carbocycles. The van der Waals surface area contributed by atoms with Crippen molar-refractivity contribution in [3.63, 3.8) is 0 Å². The fourth-order valence-corrected chi connectivity index (χ4v) is 3.24. The van der Waals surface area contributed by atoms with E-state index in [0.29, 0.717) is 12.5 Å². The van der Waals surface area contributed by atoms with Crippen LogP contribution in [-0.2, 0) is 0 Å². The minimum absolute atomic E-state index is 0. The highest BCUT2D eigenvalue weighted by Crippen LogP contribution is 2.27. The molecule has 2 heterocycles. The lowest BCUT2D eigenvalue weighted by atomic mass is 10.1. The first-order chi connectivity index (χ1) is 10.1. The molecule has 1 aromatic heterocycles. The summed E-state index contributed by atoms with van der Waals surface area (Å²) >= 11 is 0. The zero-order chi connectivity index (χ0) is 15.0. The average Bonchev–Trinajstić information content (AvgIpc) is 2.86. The highest BCUT2D eigenvalue weighted by atomic mass is 35.5. The number of carbonyl (C=O) groups excluding carboxylic acids is 1. The van der Waals surface area contributed by atoms with E-state index in [2.05, 4.69) is 11.9 Å². The number of pyridine rings is 1. The van der Waals surface area contributed by atoms with Gasteiger partial charge in [0.1, 0.15) is 0 Å². The van der Waals surface area contributed by atoms with E-state index in [0.717, 1.165) is 35.1 Å². The Morgan fingerprint density at radius 2 is 2.04 bits per heavy atom. The predicted molar refractivity (Wildman–Crippen MR) is 98.6 cm³/mol. The first-order valence-electron chi connectivity index (χ1n) is 7.47. The highest BCUT2D eigenvalue weighted by molar-refractivity contribution is 6.06. The SMILES string of the molecule is Cc1cc(C(=O)N2CC(CN)CC2C)c2ccccc2n1.Cl.Cl. The van der Waals surface area contributed by atoms with Crippen LogP contribution >= 0.6 is 24.8 Å². The van der Waals surface area contributed by atoms with Crippen LogP contribution in [-0.4, -0.2) is 34.9 Å². The summed E-state index contributed by atoms with van der Waals surface area (Å²) in [5, 5.41) is 0.927. The van der Waals surface area contributed by atoms with Crippen molar-refractivity contribution in [3.05, 3.63) is 41.6 Å². The van der Waals surface area contributed by atoms with Crippen LogP contribution in [0.3, 0.4) is 0 Å². The fraction of sp³-hybridized carbons (Fsp3) is 0.412. The topological polar surface area (TPSA) is 59.2 Å². The number of para-hydroxylation sites is 1. The lowest BCUT2D eigenvalue weighted by Gasteiger charge is -2.22. The maximum absolute atomic E-state index is 12.9. The van der Waals surface area contributed by atoms with Gasteiger partial charge in [-0.3, -0.25) is 9.78 Å². The van der Waals surface area contributed by atoms with E-state index in [1.165, 1.54) is 0 Å². The summed E-state index contributed by atoms with van der Waals surface area (Å²) in [6.07, 6.45) is 0.990. The van der Waals surface area contributed by atoms with Crippen LogP contribution in [0, 0.1) is 12.8 Å². The standard InChI is InChI=1S/C17H21N3O.2ClH/c1-11-7-15(14-5-3-4-6-16(14)19-11)17(21)20-10-13(9-18)8-12(20)2;;/h3-7,12-13H,8-10,18H2,1-2H3;2*1H. The molecule has 23 heavy (non-hydrogen) atoms. The highest BCUT2D eigenvalue weighted by Gasteiger charge is 2.32. The molecule has 0 bridgehead atoms. The molecule has 2 N–H and O–H groups in total. The van der Waals surface area contributed by atoms with Crippen molar-refractivity contribution < 1.29 is 4.79 Å². The molecule has 0 radical (unpaired) electrons. The summed E-state index contributed by atoms with van der Waals surface area (Å²) in [5.74, 6) is 0.512. The van der Waals surface area contributed by atoms with Crippen molar-refractivity contribution in [2.75, 3.05) is 13.1 Å². The third-order valence-corrected chi connectivity index (χ3v) is 4.33. The Labute approximate surface area is 149 Å². The number of likely N-dealkylation sites (tertiary alicyclic amines) is 1. The van der Waals surface area contributed by atoms with Crippen molar-refractivity contribution in [3.8, 4) is 0 Å². The Bertz CT molecular complexity index is 693. The van der Waals surface area contributed by atoms with E-state index in [9.17, 15) is 4.79 Å². The third-order valence-electron chi connectivity index (χ3n) is 4.33. The number of carbonyl (C=O) groups is 1. The van der Waals surface area contributed by atoms with Crippen molar-refractivity contribution in [2.24, 2.45) is 11.7 Å². The summed E-state index contributed by atoms with van der Waals surface area (Å²) in [4.78, 5) is 19.4. The molecular formula is C17H23Cl2N3O. The van der Waals surface area contributed by atoms with E-state index in [1.54, 1.807) is 0 Å². The molecule has 1 saturated heterocycles. The lowest BCUT2D eigenvalue weighted by molar-refractivity contribution is 0.0745. The zero-order valence-electron chi connectivity index (χ0n) is 13.4. The second kappa shape index (κ2) is 7.95. The van der Waals surface area contributed by atoms with Crippen molar-refractivity contribution in [2.45, 2.75) is 26.3 Å². The number of hydrogen-bond donors (Lipinski definition) is 1. The number of rotatable bonds is 2. The van der Waals surface area contributed by atoms with Gasteiger partial charge < -0.3 is 10.6 Å². The number of aryl methyl sites for hydroxylation is 1. The number of aromatic nitrogens is 1. The zero-order valence-corrected chi connectivity index (χ0v) is 15.0. The number of benzene rings is 1. The monoisotopic (exact) mass is 355 g/mol. The van der Waals surface area contributed by atoms with Crippen molar-refractivity contribution >= 4 is 41.6 Å². The summed E-state index contributed by atoms with van der Waals surface area (Å²) < 4.78 is 0. The molecule has 3 rings (SSSR count). The van der Waals surface area contributed by atoms with Gasteiger partial charge in [-0.2, -0.15) is 0 Å². The molecule has 2 atom stereocenters. The van der Waals surface area contributed by atoms with Gasteiger partial charge in [-0.25, -0.2) is 0 Å². The van der Waals surface area contributed by atoms with Gasteiger partial charge in [0.25, 0.3) is 5.91 Å². The Hall–Kier alpha value is -1.36. The molecular weight excluding hydrogens is 333 g/mol. The van der Waals surface area contributed by atoms with Crippen LogP contribution in [0.2, 0.25) is 0 Å². The quantitative estimate of drug-likeness (QED) is 0.899. The number of amides is 1. The van der Waals surface area contributed by atoms with Crippen LogP contribution in [0.15, 0.2) is 30.3 Å². The van der Waals surface area contributed by atoms with E-state index in [1.807, 2.05) is 42.2 Å². The van der Waals surface area contributed by atoms with E-state index in [4.69, 9.17) is 5.73 Å². The average molecular weight is 356 g/mol. The summed E-state index contributed by atoms with van der Waals surface area (Å²) in [5.41, 5.74) is 8.27. The smallest absolute Gasteiger partial charge is 0.254 e. The van der Waals surface area contributed by atoms with Crippen LogP contribution in [0.25, 0.3) is 10.9 Å². The second-order valence-electron chi connectivity index (χ2n) is 5.97. The summed E-state index contributed by atoms with van der Waals surface area (Å²) in [6, 6.07) is 9.97. The normalized spacial score (nSPS) is 20.0. The van der Waals surface area contributed by atoms with Gasteiger partial charge in [-0.05, 0) is 44.9 Å². The predicted octanol–water partition coefficient (Wildman–Crippen LogP) is 3.20. The van der Waals surface area contributed by atoms with Crippen molar-refractivity contribution in [1.82, 2.24) is 9.88 Å². The number of fused-ring (bicyclic) bond motifs is 1. The molecule has 1 aromatic carbocycles. The molecule has 1 fully saturated rings. The molecule has 4 nitrogen and oxygen atoms in total. The molecule has 2 unspecified atom stereocenters. The molecule has 1 amide bonds. The number of nitrogens with zero attached hydrogens (tertiary/aromatic N) is 2. The Balaban J connectivity index is 0.00000132. The van der Waals surface area contributed by atoms with Crippen LogP contribution in [0.1, 0.15) is 29.4 Å². The largest absolute Gasteiger partial charge is 0.336 e. The molecule has 6 heteroatoms. The first-order valence-corrected chi connectivity index (χ1v) is 7.47. The maximum Gasteiger partial charge on any atom is 0.254 e. The lowest BCUT2D eigenvalue weighted by Crippen LogP contribution is -2.34. The minimum Gasteiger partial charge on any atom is -0.336 e. The number of hydrogen-bond acceptors (Lipinski definition) is 3. The van der Waals surface area contributed by atoms with E-state index in [-0.39, 0.29) is 36.8 Å². The molecule has 126 valence electrons. The van der Waals surface area contributed by atoms with E-state index < -0.39 is 0 Å². The maximum atomic E-state index is 12.9. The van der Waals surface area contributed by atoms with Crippen LogP contribution in [0.5, 0.6) is 0 Å². The molecule has 0 spiro atoms. The summed E-state index contributed by atoms with van der Waals surface area (Å²) in [6.45, 7) is 5.43. The fourth-order valence-electron chi connectivity index (χ4n) is 3.24. The van der Waals surface area contributed by atoms with Crippen molar-refractivity contribution in [1.29, 1.82) is 0 Å². The van der Waals surface area contributed by atoms with Gasteiger partial charge in [0.15, 0.2) is 0 Å². The number of halogens is 2. The second-order valence-corrected chi connectivity index (χ2v) is 5.97. The van der Waals surface area contributed by atoms with Crippen LogP contribution in [0.4, 0.5) is 0 Å². The Morgan fingerprint density at radius 3 is 2.70 bits per heavy atom. The molecule has 0 saturated carbocycles. The summed E-state index contributed by atoms with van der Waals surface area (Å²) in [7, 11) is 0. The van der Waals surface area contributed by atoms with Gasteiger partial charge in [-0.15, -0.1) is 24.8 Å². The Kier molecular flexibility index (Phi) is 6.81. The number of nitrogens with two attached hydrogens (primary N) is 1. The van der Waals surface area contributed by atoms with Gasteiger partial charge in [0, 0.05) is 23.7 Å². The van der Waals surface area contributed by atoms with Gasteiger partial charge in [-0.1, -0.05) is 18.2 Å². The van der Waals surface area contributed by atoms with Gasteiger partial charge >= 0.3 is 0 Å². The van der Waals surface area contributed by atoms with Gasteiger partial charge in [0.05, 0.1) is 11.1 Å². The van der Waals surface area contributed by atoms with E-state index >= 15 is 0 Å². The minimum atomic E-state index is 0. The first kappa shape index (κ1) is 19.7. The van der Waals surface area contributed by atoms with Crippen LogP contribution < -0.4 is 5.73 Å². The third kappa shape index (κ3) is 3.77.